The fraction of sp³-hybridized carbons (Fsp3) is 0.286. The highest BCUT2D eigenvalue weighted by Crippen LogP contribution is 2.33. The van der Waals surface area contributed by atoms with Gasteiger partial charge in [-0.1, -0.05) is 30.8 Å². The molecule has 0 aliphatic rings. The lowest BCUT2D eigenvalue weighted by atomic mass is 10.1. The summed E-state index contributed by atoms with van der Waals surface area (Å²) >= 11 is 1.18. The maximum Gasteiger partial charge on any atom is 0.416 e. The van der Waals surface area contributed by atoms with Gasteiger partial charge in [0.25, 0.3) is 0 Å². The van der Waals surface area contributed by atoms with Crippen molar-refractivity contribution in [3.05, 3.63) is 53.6 Å². The van der Waals surface area contributed by atoms with Gasteiger partial charge in [-0.05, 0) is 42.3 Å². The number of alkyl halides is 3. The van der Waals surface area contributed by atoms with Crippen molar-refractivity contribution in [2.24, 2.45) is 0 Å². The third-order valence-electron chi connectivity index (χ3n) is 4.34. The summed E-state index contributed by atoms with van der Waals surface area (Å²) in [6.45, 7) is 2.43. The summed E-state index contributed by atoms with van der Waals surface area (Å²) < 4.78 is 40.9. The van der Waals surface area contributed by atoms with E-state index in [2.05, 4.69) is 16.4 Å². The van der Waals surface area contributed by atoms with E-state index in [-0.39, 0.29) is 11.7 Å². The molecule has 0 saturated carbocycles. The molecule has 0 fully saturated rings. The van der Waals surface area contributed by atoms with Crippen LogP contribution in [-0.2, 0) is 23.9 Å². The zero-order chi connectivity index (χ0) is 21.7. The number of aromatic nitrogens is 2. The number of thioether (sulfide) groups is 1. The average Bonchev–Trinajstić information content (AvgIpc) is 3.05. The van der Waals surface area contributed by atoms with Crippen molar-refractivity contribution in [1.82, 2.24) is 9.55 Å². The van der Waals surface area contributed by atoms with E-state index in [1.54, 1.807) is 28.8 Å². The van der Waals surface area contributed by atoms with Gasteiger partial charge < -0.3 is 9.88 Å². The highest BCUT2D eigenvalue weighted by Gasteiger charge is 2.31. The van der Waals surface area contributed by atoms with E-state index in [1.165, 1.54) is 17.8 Å². The summed E-state index contributed by atoms with van der Waals surface area (Å²) in [5.74, 6) is -0.182. The predicted molar refractivity (Wildman–Crippen MR) is 110 cm³/mol. The van der Waals surface area contributed by atoms with Crippen LogP contribution < -0.4 is 5.32 Å². The van der Waals surface area contributed by atoms with Crippen molar-refractivity contribution in [2.75, 3.05) is 11.1 Å². The van der Waals surface area contributed by atoms with Crippen molar-refractivity contribution in [2.45, 2.75) is 37.6 Å². The van der Waals surface area contributed by atoms with Gasteiger partial charge in [-0.15, -0.1) is 0 Å². The summed E-state index contributed by atoms with van der Waals surface area (Å²) in [5, 5.41) is 12.0. The van der Waals surface area contributed by atoms with Crippen LogP contribution in [0.4, 0.5) is 18.9 Å². The second-order valence-corrected chi connectivity index (χ2v) is 7.56. The van der Waals surface area contributed by atoms with Crippen LogP contribution in [0.25, 0.3) is 11.0 Å². The number of benzene rings is 2. The molecule has 3 rings (SSSR count). The smallest absolute Gasteiger partial charge is 0.325 e. The third-order valence-corrected chi connectivity index (χ3v) is 5.32. The summed E-state index contributed by atoms with van der Waals surface area (Å²) in [6, 6.07) is 12.5. The molecule has 0 aliphatic heterocycles. The lowest BCUT2D eigenvalue weighted by Gasteiger charge is -2.10. The van der Waals surface area contributed by atoms with E-state index in [1.807, 2.05) is 6.92 Å². The maximum absolute atomic E-state index is 13.1. The number of rotatable bonds is 7. The first-order valence-electron chi connectivity index (χ1n) is 9.28. The molecule has 9 heteroatoms. The van der Waals surface area contributed by atoms with Crippen LogP contribution in [0.1, 0.15) is 24.5 Å². The SMILES string of the molecule is CCCn1c(SCC(=O)Nc2ccc(CC#N)cc2)nc2ccc(C(F)(F)F)cc21. The summed E-state index contributed by atoms with van der Waals surface area (Å²) in [7, 11) is 0. The van der Waals surface area contributed by atoms with Crippen LogP contribution in [0.15, 0.2) is 47.6 Å². The van der Waals surface area contributed by atoms with Gasteiger partial charge in [0, 0.05) is 12.2 Å². The van der Waals surface area contributed by atoms with Gasteiger partial charge in [0.1, 0.15) is 0 Å². The zero-order valence-corrected chi connectivity index (χ0v) is 17.0. The molecule has 1 heterocycles. The molecular formula is C21H19F3N4OS. The number of aryl methyl sites for hydroxylation is 1. The Morgan fingerprint density at radius 2 is 1.97 bits per heavy atom. The van der Waals surface area contributed by atoms with E-state index in [9.17, 15) is 18.0 Å². The van der Waals surface area contributed by atoms with Crippen LogP contribution in [0, 0.1) is 11.3 Å². The second kappa shape index (κ2) is 9.22. The molecule has 2 aromatic carbocycles. The fourth-order valence-electron chi connectivity index (χ4n) is 2.95. The molecule has 0 bridgehead atoms. The normalized spacial score (nSPS) is 11.4. The lowest BCUT2D eigenvalue weighted by Crippen LogP contribution is -2.14. The van der Waals surface area contributed by atoms with Crippen molar-refractivity contribution in [3.8, 4) is 6.07 Å². The topological polar surface area (TPSA) is 70.7 Å². The van der Waals surface area contributed by atoms with Gasteiger partial charge in [-0.3, -0.25) is 4.79 Å². The molecule has 1 amide bonds. The number of amides is 1. The Balaban J connectivity index is 1.73. The third kappa shape index (κ3) is 5.13. The number of nitrogens with zero attached hydrogens (tertiary/aromatic N) is 3. The van der Waals surface area contributed by atoms with Crippen LogP contribution in [-0.4, -0.2) is 21.2 Å². The Morgan fingerprint density at radius 1 is 1.23 bits per heavy atom. The number of fused-ring (bicyclic) bond motifs is 1. The van der Waals surface area contributed by atoms with Crippen LogP contribution in [0.2, 0.25) is 0 Å². The van der Waals surface area contributed by atoms with Crippen molar-refractivity contribution in [3.63, 3.8) is 0 Å². The molecule has 0 saturated heterocycles. The van der Waals surface area contributed by atoms with E-state index in [0.717, 1.165) is 24.1 Å². The number of carbonyl (C=O) groups excluding carboxylic acids is 1. The summed E-state index contributed by atoms with van der Waals surface area (Å²) in [5.41, 5.74) is 1.62. The number of halogens is 3. The largest absolute Gasteiger partial charge is 0.416 e. The molecule has 1 N–H and O–H groups in total. The lowest BCUT2D eigenvalue weighted by molar-refractivity contribution is -0.137. The summed E-state index contributed by atoms with van der Waals surface area (Å²) in [4.78, 5) is 16.7. The zero-order valence-electron chi connectivity index (χ0n) is 16.2. The van der Waals surface area contributed by atoms with Crippen LogP contribution in [0.3, 0.4) is 0 Å². The number of anilines is 1. The first-order valence-corrected chi connectivity index (χ1v) is 10.3. The Kier molecular flexibility index (Phi) is 6.67. The van der Waals surface area contributed by atoms with Gasteiger partial charge in [-0.2, -0.15) is 18.4 Å². The van der Waals surface area contributed by atoms with E-state index >= 15 is 0 Å². The van der Waals surface area contributed by atoms with Crippen molar-refractivity contribution in [1.29, 1.82) is 5.26 Å². The molecule has 0 unspecified atom stereocenters. The minimum atomic E-state index is -4.43. The Bertz CT molecular complexity index is 1080. The Labute approximate surface area is 175 Å². The second-order valence-electron chi connectivity index (χ2n) is 6.62. The Hall–Kier alpha value is -2.99. The van der Waals surface area contributed by atoms with E-state index in [4.69, 9.17) is 5.26 Å². The van der Waals surface area contributed by atoms with Gasteiger partial charge in [0.15, 0.2) is 5.16 Å². The molecule has 0 spiro atoms. The number of imidazole rings is 1. The number of nitrogens with one attached hydrogen (secondary N) is 1. The number of nitriles is 1. The summed E-state index contributed by atoms with van der Waals surface area (Å²) in [6.07, 6.45) is -3.41. The molecule has 1 aromatic heterocycles. The number of hydrogen-bond acceptors (Lipinski definition) is 4. The first kappa shape index (κ1) is 21.7. The molecular weight excluding hydrogens is 413 g/mol. The maximum atomic E-state index is 13.1. The fourth-order valence-corrected chi connectivity index (χ4v) is 3.79. The van der Waals surface area contributed by atoms with Crippen molar-refractivity contribution >= 4 is 34.4 Å². The Morgan fingerprint density at radius 3 is 2.60 bits per heavy atom. The number of carbonyl (C=O) groups is 1. The first-order chi connectivity index (χ1) is 14.3. The average molecular weight is 432 g/mol. The molecule has 0 radical (unpaired) electrons. The van der Waals surface area contributed by atoms with Crippen LogP contribution in [0.5, 0.6) is 0 Å². The highest BCUT2D eigenvalue weighted by atomic mass is 32.2. The van der Waals surface area contributed by atoms with E-state index in [0.29, 0.717) is 34.8 Å². The minimum Gasteiger partial charge on any atom is -0.325 e. The molecule has 156 valence electrons. The molecule has 0 atom stereocenters. The van der Waals surface area contributed by atoms with Crippen LogP contribution >= 0.6 is 11.8 Å². The van der Waals surface area contributed by atoms with Gasteiger partial charge >= 0.3 is 6.18 Å². The van der Waals surface area contributed by atoms with E-state index < -0.39 is 11.7 Å². The molecule has 0 aliphatic carbocycles. The molecule has 30 heavy (non-hydrogen) atoms. The minimum absolute atomic E-state index is 0.0686. The molecule has 3 aromatic rings. The molecule has 5 nitrogen and oxygen atoms in total. The quantitative estimate of drug-likeness (QED) is 0.517. The van der Waals surface area contributed by atoms with Gasteiger partial charge in [0.05, 0.1) is 34.8 Å². The highest BCUT2D eigenvalue weighted by molar-refractivity contribution is 7.99. The van der Waals surface area contributed by atoms with Crippen molar-refractivity contribution < 1.29 is 18.0 Å². The standard InChI is InChI=1S/C21H19F3N4OS/c1-2-11-28-18-12-15(21(22,23)24)5-8-17(18)27-20(28)30-13-19(29)26-16-6-3-14(4-7-16)9-10-25/h3-8,12H,2,9,11,13H2,1H3,(H,26,29). The van der Waals surface area contributed by atoms with Gasteiger partial charge in [0.2, 0.25) is 5.91 Å². The monoisotopic (exact) mass is 432 g/mol. The predicted octanol–water partition coefficient (Wildman–Crippen LogP) is 5.26. The van der Waals surface area contributed by atoms with Gasteiger partial charge in [-0.25, -0.2) is 4.98 Å². The number of hydrogen-bond donors (Lipinski definition) is 1.